The molecule has 2 rings (SSSR count). The fourth-order valence-corrected chi connectivity index (χ4v) is 2.24. The van der Waals surface area contributed by atoms with Crippen molar-refractivity contribution in [3.05, 3.63) is 29.8 Å². The van der Waals surface area contributed by atoms with E-state index in [2.05, 4.69) is 0 Å². The van der Waals surface area contributed by atoms with E-state index in [1.54, 1.807) is 4.90 Å². The number of carbonyl (C=O) groups is 1. The summed E-state index contributed by atoms with van der Waals surface area (Å²) in [5, 5.41) is 0. The number of hydrogen-bond donors (Lipinski definition) is 1. The first kappa shape index (κ1) is 15.8. The maximum Gasteiger partial charge on any atom is 0.414 e. The Morgan fingerprint density at radius 2 is 1.95 bits per heavy atom. The van der Waals surface area contributed by atoms with Gasteiger partial charge in [-0.25, -0.2) is 4.79 Å². The van der Waals surface area contributed by atoms with Gasteiger partial charge in [-0.05, 0) is 58.6 Å². The molecule has 1 aromatic rings. The molecule has 116 valence electrons. The van der Waals surface area contributed by atoms with Crippen LogP contribution in [0.25, 0.3) is 0 Å². The van der Waals surface area contributed by atoms with E-state index < -0.39 is 5.60 Å². The van der Waals surface area contributed by atoms with E-state index in [9.17, 15) is 4.79 Å². The molecule has 0 atom stereocenters. The Morgan fingerprint density at radius 3 is 2.48 bits per heavy atom. The van der Waals surface area contributed by atoms with Crippen LogP contribution in [-0.4, -0.2) is 23.8 Å². The summed E-state index contributed by atoms with van der Waals surface area (Å²) in [6.45, 7) is 8.24. The minimum absolute atomic E-state index is 0.0804. The predicted molar refractivity (Wildman–Crippen MR) is 85.5 cm³/mol. The summed E-state index contributed by atoms with van der Waals surface area (Å²) in [7, 11) is 0. The Kier molecular flexibility index (Phi) is 4.28. The van der Waals surface area contributed by atoms with Crippen LogP contribution in [0.4, 0.5) is 10.5 Å². The third-order valence-corrected chi connectivity index (χ3v) is 3.75. The van der Waals surface area contributed by atoms with Gasteiger partial charge in [0.2, 0.25) is 0 Å². The Bertz CT molecular complexity index is 516. The van der Waals surface area contributed by atoms with E-state index >= 15 is 0 Å². The molecule has 0 heterocycles. The second-order valence-corrected chi connectivity index (χ2v) is 7.03. The van der Waals surface area contributed by atoms with Crippen LogP contribution in [0, 0.1) is 6.92 Å². The van der Waals surface area contributed by atoms with E-state index in [1.807, 2.05) is 52.0 Å². The number of ether oxygens (including phenoxy) is 1. The van der Waals surface area contributed by atoms with Crippen molar-refractivity contribution in [3.63, 3.8) is 0 Å². The molecular weight excluding hydrogens is 264 g/mol. The van der Waals surface area contributed by atoms with E-state index in [0.717, 1.165) is 30.5 Å². The van der Waals surface area contributed by atoms with Crippen LogP contribution >= 0.6 is 0 Å². The zero-order chi connectivity index (χ0) is 15.7. The van der Waals surface area contributed by atoms with Crippen LogP contribution in [0.2, 0.25) is 0 Å². The van der Waals surface area contributed by atoms with Gasteiger partial charge in [-0.2, -0.15) is 0 Å². The lowest BCUT2D eigenvalue weighted by atomic mass is 10.1. The van der Waals surface area contributed by atoms with Gasteiger partial charge in [0.05, 0.1) is 0 Å². The number of carbonyl (C=O) groups excluding carboxylic acids is 1. The third-order valence-electron chi connectivity index (χ3n) is 3.75. The highest BCUT2D eigenvalue weighted by molar-refractivity contribution is 5.88. The summed E-state index contributed by atoms with van der Waals surface area (Å²) in [6, 6.07) is 7.86. The lowest BCUT2D eigenvalue weighted by Gasteiger charge is -2.29. The molecule has 1 fully saturated rings. The van der Waals surface area contributed by atoms with Gasteiger partial charge in [-0.3, -0.25) is 4.90 Å². The monoisotopic (exact) mass is 290 g/mol. The Balaban J connectivity index is 2.17. The van der Waals surface area contributed by atoms with Crippen molar-refractivity contribution in [1.82, 2.24) is 0 Å². The number of amides is 1. The third kappa shape index (κ3) is 4.46. The number of para-hydroxylation sites is 1. The molecule has 0 bridgehead atoms. The number of nitrogens with two attached hydrogens (primary N) is 1. The topological polar surface area (TPSA) is 55.6 Å². The fraction of sp³-hybridized carbons (Fsp3) is 0.588. The van der Waals surface area contributed by atoms with Gasteiger partial charge in [0.25, 0.3) is 0 Å². The SMILES string of the molecule is Cc1ccccc1N(CCC1(N)CC1)C(=O)OC(C)(C)C. The average molecular weight is 290 g/mol. The van der Waals surface area contributed by atoms with Gasteiger partial charge in [0.15, 0.2) is 0 Å². The Hall–Kier alpha value is -1.55. The normalized spacial score (nSPS) is 16.4. The van der Waals surface area contributed by atoms with E-state index in [0.29, 0.717) is 6.54 Å². The van der Waals surface area contributed by atoms with E-state index in [1.165, 1.54) is 0 Å². The molecule has 0 radical (unpaired) electrons. The molecule has 0 aliphatic heterocycles. The van der Waals surface area contributed by atoms with Crippen molar-refractivity contribution in [2.75, 3.05) is 11.4 Å². The number of anilines is 1. The summed E-state index contributed by atoms with van der Waals surface area (Å²) in [5.74, 6) is 0. The maximum atomic E-state index is 12.5. The summed E-state index contributed by atoms with van der Waals surface area (Å²) in [5.41, 5.74) is 7.54. The molecule has 1 amide bonds. The van der Waals surface area contributed by atoms with Crippen LogP contribution in [0.5, 0.6) is 0 Å². The largest absolute Gasteiger partial charge is 0.443 e. The number of aryl methyl sites for hydroxylation is 1. The standard InChI is InChI=1S/C17H26N2O2/c1-13-7-5-6-8-14(13)19(12-11-17(18)9-10-17)15(20)21-16(2,3)4/h5-8H,9-12,18H2,1-4H3. The fourth-order valence-electron chi connectivity index (χ4n) is 2.24. The average Bonchev–Trinajstić information content (AvgIpc) is 3.08. The first-order valence-corrected chi connectivity index (χ1v) is 7.55. The molecule has 1 aromatic carbocycles. The highest BCUT2D eigenvalue weighted by atomic mass is 16.6. The van der Waals surface area contributed by atoms with Crippen molar-refractivity contribution < 1.29 is 9.53 Å². The molecule has 0 aromatic heterocycles. The molecule has 0 unspecified atom stereocenters. The lowest BCUT2D eigenvalue weighted by Crippen LogP contribution is -2.40. The summed E-state index contributed by atoms with van der Waals surface area (Å²) in [6.07, 6.45) is 2.59. The molecule has 0 saturated heterocycles. The van der Waals surface area contributed by atoms with Crippen LogP contribution < -0.4 is 10.6 Å². The second kappa shape index (κ2) is 5.68. The number of nitrogens with zero attached hydrogens (tertiary/aromatic N) is 1. The Labute approximate surface area is 127 Å². The molecule has 4 nitrogen and oxygen atoms in total. The van der Waals surface area contributed by atoms with Crippen LogP contribution in [0.15, 0.2) is 24.3 Å². The van der Waals surface area contributed by atoms with Crippen molar-refractivity contribution in [2.45, 2.75) is 58.1 Å². The molecule has 1 aliphatic carbocycles. The molecule has 1 saturated carbocycles. The molecule has 1 aliphatic rings. The summed E-state index contributed by atoms with van der Waals surface area (Å²) >= 11 is 0. The van der Waals surface area contributed by atoms with Crippen LogP contribution in [-0.2, 0) is 4.74 Å². The van der Waals surface area contributed by atoms with E-state index in [-0.39, 0.29) is 11.6 Å². The zero-order valence-electron chi connectivity index (χ0n) is 13.5. The maximum absolute atomic E-state index is 12.5. The summed E-state index contributed by atoms with van der Waals surface area (Å²) < 4.78 is 5.54. The predicted octanol–water partition coefficient (Wildman–Crippen LogP) is 3.62. The van der Waals surface area contributed by atoms with Crippen LogP contribution in [0.3, 0.4) is 0 Å². The molecule has 2 N–H and O–H groups in total. The van der Waals surface area contributed by atoms with Gasteiger partial charge in [-0.15, -0.1) is 0 Å². The van der Waals surface area contributed by atoms with Gasteiger partial charge < -0.3 is 10.5 Å². The molecule has 21 heavy (non-hydrogen) atoms. The van der Waals surface area contributed by atoms with Gasteiger partial charge in [0, 0.05) is 17.8 Å². The quantitative estimate of drug-likeness (QED) is 0.921. The minimum Gasteiger partial charge on any atom is -0.443 e. The lowest BCUT2D eigenvalue weighted by molar-refractivity contribution is 0.0579. The first-order chi connectivity index (χ1) is 9.70. The minimum atomic E-state index is -0.502. The highest BCUT2D eigenvalue weighted by Crippen LogP contribution is 2.36. The van der Waals surface area contributed by atoms with Crippen molar-refractivity contribution in [2.24, 2.45) is 5.73 Å². The molecule has 0 spiro atoms. The smallest absolute Gasteiger partial charge is 0.414 e. The van der Waals surface area contributed by atoms with Gasteiger partial charge in [0.1, 0.15) is 5.60 Å². The highest BCUT2D eigenvalue weighted by Gasteiger charge is 2.39. The van der Waals surface area contributed by atoms with Crippen molar-refractivity contribution in [3.8, 4) is 0 Å². The van der Waals surface area contributed by atoms with Crippen LogP contribution in [0.1, 0.15) is 45.6 Å². The Morgan fingerprint density at radius 1 is 1.33 bits per heavy atom. The van der Waals surface area contributed by atoms with Gasteiger partial charge in [-0.1, -0.05) is 18.2 Å². The molecular formula is C17H26N2O2. The van der Waals surface area contributed by atoms with Crippen molar-refractivity contribution in [1.29, 1.82) is 0 Å². The first-order valence-electron chi connectivity index (χ1n) is 7.55. The number of benzene rings is 1. The van der Waals surface area contributed by atoms with Crippen molar-refractivity contribution >= 4 is 11.8 Å². The zero-order valence-corrected chi connectivity index (χ0v) is 13.5. The summed E-state index contributed by atoms with van der Waals surface area (Å²) in [4.78, 5) is 14.2. The number of rotatable bonds is 4. The van der Waals surface area contributed by atoms with E-state index in [4.69, 9.17) is 10.5 Å². The molecule has 4 heteroatoms. The second-order valence-electron chi connectivity index (χ2n) is 7.03. The number of hydrogen-bond acceptors (Lipinski definition) is 3. The van der Waals surface area contributed by atoms with Gasteiger partial charge >= 0.3 is 6.09 Å².